The lowest BCUT2D eigenvalue weighted by Gasteiger charge is -2.03. The maximum Gasteiger partial charge on any atom is 0.260 e. The quantitative estimate of drug-likeness (QED) is 0.709. The second-order valence-corrected chi connectivity index (χ2v) is 4.18. The lowest BCUT2D eigenvalue weighted by molar-refractivity contribution is 0.432. The molecule has 2 heterocycles. The lowest BCUT2D eigenvalue weighted by Crippen LogP contribution is -1.93. The van der Waals surface area contributed by atoms with Crippen LogP contribution in [0.15, 0.2) is 47.1 Å². The number of aromatic nitrogens is 3. The third kappa shape index (κ3) is 2.06. The molecule has 0 saturated heterocycles. The van der Waals surface area contributed by atoms with Crippen molar-refractivity contribution in [3.8, 4) is 23.0 Å². The molecule has 0 saturated carbocycles. The minimum atomic E-state index is 0.413. The molecular weight excluding hydrogens is 240 g/mol. The first-order valence-corrected chi connectivity index (χ1v) is 5.86. The Morgan fingerprint density at radius 2 is 2.00 bits per heavy atom. The minimum absolute atomic E-state index is 0.413. The van der Waals surface area contributed by atoms with E-state index >= 15 is 0 Å². The number of nitrogens with zero attached hydrogens (tertiary/aromatic N) is 3. The van der Waals surface area contributed by atoms with Gasteiger partial charge >= 0.3 is 0 Å². The van der Waals surface area contributed by atoms with Crippen LogP contribution in [-0.2, 0) is 0 Å². The van der Waals surface area contributed by atoms with Gasteiger partial charge in [0.1, 0.15) is 5.69 Å². The van der Waals surface area contributed by atoms with Crippen molar-refractivity contribution in [1.29, 1.82) is 0 Å². The van der Waals surface area contributed by atoms with Crippen LogP contribution in [0.4, 0.5) is 5.69 Å². The molecule has 5 nitrogen and oxygen atoms in total. The molecule has 0 fully saturated rings. The van der Waals surface area contributed by atoms with E-state index in [0.29, 0.717) is 23.1 Å². The molecule has 0 aliphatic heterocycles. The Hall–Kier alpha value is -2.69. The second kappa shape index (κ2) is 4.53. The van der Waals surface area contributed by atoms with Gasteiger partial charge < -0.3 is 10.3 Å². The first kappa shape index (κ1) is 11.4. The van der Waals surface area contributed by atoms with Crippen molar-refractivity contribution >= 4 is 5.69 Å². The number of pyridine rings is 1. The van der Waals surface area contributed by atoms with E-state index in [4.69, 9.17) is 10.3 Å². The van der Waals surface area contributed by atoms with Crippen molar-refractivity contribution in [2.75, 3.05) is 5.73 Å². The molecule has 0 radical (unpaired) electrons. The molecule has 2 aromatic heterocycles. The van der Waals surface area contributed by atoms with Crippen LogP contribution in [0.5, 0.6) is 0 Å². The van der Waals surface area contributed by atoms with Crippen molar-refractivity contribution in [3.05, 3.63) is 48.2 Å². The van der Waals surface area contributed by atoms with Crippen LogP contribution in [0.3, 0.4) is 0 Å². The van der Waals surface area contributed by atoms with Crippen molar-refractivity contribution in [1.82, 2.24) is 15.1 Å². The summed E-state index contributed by atoms with van der Waals surface area (Å²) in [6.07, 6.45) is 1.69. The van der Waals surface area contributed by atoms with Crippen LogP contribution >= 0.6 is 0 Å². The highest BCUT2D eigenvalue weighted by Crippen LogP contribution is 2.29. The lowest BCUT2D eigenvalue weighted by atomic mass is 10.1. The SMILES string of the molecule is Cc1cccc(N)c1-c1nc(-c2ccccn2)no1. The van der Waals surface area contributed by atoms with E-state index in [9.17, 15) is 0 Å². The highest BCUT2D eigenvalue weighted by molar-refractivity contribution is 5.74. The van der Waals surface area contributed by atoms with E-state index < -0.39 is 0 Å². The largest absolute Gasteiger partial charge is 0.398 e. The average Bonchev–Trinajstić information content (AvgIpc) is 2.89. The van der Waals surface area contributed by atoms with E-state index in [0.717, 1.165) is 11.1 Å². The number of aryl methyl sites for hydroxylation is 1. The normalized spacial score (nSPS) is 10.6. The molecule has 0 bridgehead atoms. The van der Waals surface area contributed by atoms with E-state index in [2.05, 4.69) is 15.1 Å². The molecule has 94 valence electrons. The van der Waals surface area contributed by atoms with Gasteiger partial charge in [0, 0.05) is 11.9 Å². The summed E-state index contributed by atoms with van der Waals surface area (Å²) in [7, 11) is 0. The first-order chi connectivity index (χ1) is 9.25. The van der Waals surface area contributed by atoms with Crippen molar-refractivity contribution < 1.29 is 4.52 Å². The van der Waals surface area contributed by atoms with Gasteiger partial charge in [0.05, 0.1) is 5.56 Å². The molecule has 0 aliphatic rings. The number of rotatable bonds is 2. The molecular formula is C14H12N4O. The summed E-state index contributed by atoms with van der Waals surface area (Å²) < 4.78 is 5.29. The predicted molar refractivity (Wildman–Crippen MR) is 72.1 cm³/mol. The number of nitrogens with two attached hydrogens (primary N) is 1. The molecule has 0 aliphatic carbocycles. The van der Waals surface area contributed by atoms with E-state index in [-0.39, 0.29) is 0 Å². The number of nitrogen functional groups attached to an aromatic ring is 1. The molecule has 0 unspecified atom stereocenters. The second-order valence-electron chi connectivity index (χ2n) is 4.18. The van der Waals surface area contributed by atoms with Gasteiger partial charge in [-0.25, -0.2) is 0 Å². The first-order valence-electron chi connectivity index (χ1n) is 5.86. The monoisotopic (exact) mass is 252 g/mol. The predicted octanol–water partition coefficient (Wildman–Crippen LogP) is 2.69. The van der Waals surface area contributed by atoms with Crippen LogP contribution in [-0.4, -0.2) is 15.1 Å². The molecule has 5 heteroatoms. The van der Waals surface area contributed by atoms with Gasteiger partial charge in [-0.2, -0.15) is 4.98 Å². The van der Waals surface area contributed by atoms with Gasteiger partial charge in [0.15, 0.2) is 0 Å². The third-order valence-electron chi connectivity index (χ3n) is 2.84. The van der Waals surface area contributed by atoms with Crippen LogP contribution < -0.4 is 5.73 Å². The Morgan fingerprint density at radius 1 is 1.11 bits per heavy atom. The van der Waals surface area contributed by atoms with E-state index in [1.54, 1.807) is 6.20 Å². The molecule has 2 N–H and O–H groups in total. The smallest absolute Gasteiger partial charge is 0.260 e. The maximum atomic E-state index is 5.96. The van der Waals surface area contributed by atoms with Gasteiger partial charge in [-0.1, -0.05) is 23.4 Å². The Morgan fingerprint density at radius 3 is 2.74 bits per heavy atom. The summed E-state index contributed by atoms with van der Waals surface area (Å²) >= 11 is 0. The fourth-order valence-corrected chi connectivity index (χ4v) is 1.91. The number of hydrogen-bond donors (Lipinski definition) is 1. The Balaban J connectivity index is 2.07. The fraction of sp³-hybridized carbons (Fsp3) is 0.0714. The number of hydrogen-bond acceptors (Lipinski definition) is 5. The minimum Gasteiger partial charge on any atom is -0.398 e. The zero-order chi connectivity index (χ0) is 13.2. The molecule has 1 aromatic carbocycles. The van der Waals surface area contributed by atoms with Crippen LogP contribution in [0, 0.1) is 6.92 Å². The number of anilines is 1. The Bertz CT molecular complexity index is 686. The summed E-state index contributed by atoms with van der Waals surface area (Å²) in [5.41, 5.74) is 9.02. The number of benzene rings is 1. The van der Waals surface area contributed by atoms with Crippen molar-refractivity contribution in [2.45, 2.75) is 6.92 Å². The summed E-state index contributed by atoms with van der Waals surface area (Å²) in [5, 5.41) is 3.94. The van der Waals surface area contributed by atoms with Gasteiger partial charge in [0.2, 0.25) is 5.82 Å². The van der Waals surface area contributed by atoms with E-state index in [1.165, 1.54) is 0 Å². The topological polar surface area (TPSA) is 77.8 Å². The van der Waals surface area contributed by atoms with Gasteiger partial charge in [-0.05, 0) is 30.7 Å². The summed E-state index contributed by atoms with van der Waals surface area (Å²) in [4.78, 5) is 8.54. The van der Waals surface area contributed by atoms with Crippen LogP contribution in [0.2, 0.25) is 0 Å². The Labute approximate surface area is 110 Å². The van der Waals surface area contributed by atoms with Gasteiger partial charge in [-0.15, -0.1) is 0 Å². The zero-order valence-electron chi connectivity index (χ0n) is 10.4. The summed E-state index contributed by atoms with van der Waals surface area (Å²) in [6, 6.07) is 11.2. The van der Waals surface area contributed by atoms with Crippen LogP contribution in [0.25, 0.3) is 23.0 Å². The summed E-state index contributed by atoms with van der Waals surface area (Å²) in [5.74, 6) is 0.870. The molecule has 0 atom stereocenters. The highest BCUT2D eigenvalue weighted by atomic mass is 16.5. The van der Waals surface area contributed by atoms with Gasteiger partial charge in [0.25, 0.3) is 5.89 Å². The van der Waals surface area contributed by atoms with Gasteiger partial charge in [-0.3, -0.25) is 4.98 Å². The van der Waals surface area contributed by atoms with Crippen molar-refractivity contribution in [3.63, 3.8) is 0 Å². The average molecular weight is 252 g/mol. The fourth-order valence-electron chi connectivity index (χ4n) is 1.91. The van der Waals surface area contributed by atoms with Crippen LogP contribution in [0.1, 0.15) is 5.56 Å². The summed E-state index contributed by atoms with van der Waals surface area (Å²) in [6.45, 7) is 1.95. The molecule has 3 aromatic rings. The molecule has 19 heavy (non-hydrogen) atoms. The zero-order valence-corrected chi connectivity index (χ0v) is 10.4. The Kier molecular flexibility index (Phi) is 2.72. The molecule has 3 rings (SSSR count). The molecule has 0 amide bonds. The van der Waals surface area contributed by atoms with Crippen molar-refractivity contribution in [2.24, 2.45) is 0 Å². The third-order valence-corrected chi connectivity index (χ3v) is 2.84. The standard InChI is InChI=1S/C14H12N4O/c1-9-5-4-6-10(15)12(9)14-17-13(18-19-14)11-7-2-3-8-16-11/h2-8H,15H2,1H3. The maximum absolute atomic E-state index is 5.96. The van der Waals surface area contributed by atoms with E-state index in [1.807, 2.05) is 43.3 Å². The highest BCUT2D eigenvalue weighted by Gasteiger charge is 2.15. The molecule has 0 spiro atoms.